The predicted molar refractivity (Wildman–Crippen MR) is 139 cm³/mol. The topological polar surface area (TPSA) is 80.0 Å². The van der Waals surface area contributed by atoms with Crippen LogP contribution in [0, 0.1) is 31.4 Å². The number of carbonyl (C=O) groups is 1. The van der Waals surface area contributed by atoms with E-state index in [1.54, 1.807) is 19.1 Å². The van der Waals surface area contributed by atoms with Gasteiger partial charge < -0.3 is 19.2 Å². The molecule has 2 aromatic carbocycles. The molecule has 0 bridgehead atoms. The van der Waals surface area contributed by atoms with Gasteiger partial charge in [0.1, 0.15) is 29.6 Å². The number of rotatable bonds is 6. The van der Waals surface area contributed by atoms with Gasteiger partial charge >= 0.3 is 5.63 Å². The number of aryl methyl sites for hydroxylation is 2. The second-order valence-corrected chi connectivity index (χ2v) is 10.7. The van der Waals surface area contributed by atoms with Gasteiger partial charge in [0.05, 0.1) is 5.60 Å². The Labute approximate surface area is 220 Å². The van der Waals surface area contributed by atoms with E-state index in [9.17, 15) is 23.5 Å². The number of aliphatic hydroxyl groups is 1. The van der Waals surface area contributed by atoms with Crippen LogP contribution in [-0.2, 0) is 17.8 Å². The summed E-state index contributed by atoms with van der Waals surface area (Å²) in [5.74, 6) is -0.802. The standard InChI is InChI=1S/C30H33F2NO5/c1-18-23-8-10-26(37-17-20-6-7-22(31)15-25(20)32)19(2)28(23)38-29(35)24(18)9-11-27(34)33-14-13-30(36)12-4-3-5-21(30)16-33/h6-8,10,15,21,36H,3-5,9,11-14,16-17H2,1-2H3/t21-,30+/m0/s1. The van der Waals surface area contributed by atoms with E-state index >= 15 is 0 Å². The molecule has 2 fully saturated rings. The maximum atomic E-state index is 14.0. The summed E-state index contributed by atoms with van der Waals surface area (Å²) in [6.45, 7) is 4.62. The van der Waals surface area contributed by atoms with Crippen LogP contribution in [0.15, 0.2) is 39.5 Å². The summed E-state index contributed by atoms with van der Waals surface area (Å²) in [6.07, 6.45) is 4.96. The Morgan fingerprint density at radius 3 is 2.76 bits per heavy atom. The number of hydrogen-bond acceptors (Lipinski definition) is 5. The quantitative estimate of drug-likeness (QED) is 0.439. The number of amides is 1. The molecule has 2 atom stereocenters. The lowest BCUT2D eigenvalue weighted by Gasteiger charge is -2.47. The largest absolute Gasteiger partial charge is 0.488 e. The van der Waals surface area contributed by atoms with Crippen molar-refractivity contribution < 1.29 is 27.8 Å². The molecule has 1 saturated heterocycles. The van der Waals surface area contributed by atoms with Gasteiger partial charge in [-0.2, -0.15) is 0 Å². The Hall–Kier alpha value is -3.26. The first-order valence-electron chi connectivity index (χ1n) is 13.3. The molecule has 1 amide bonds. The van der Waals surface area contributed by atoms with Gasteiger partial charge in [0, 0.05) is 53.6 Å². The molecule has 1 aliphatic carbocycles. The molecule has 3 aromatic rings. The summed E-state index contributed by atoms with van der Waals surface area (Å²) in [7, 11) is 0. The van der Waals surface area contributed by atoms with Crippen LogP contribution in [0.2, 0.25) is 0 Å². The van der Waals surface area contributed by atoms with E-state index in [-0.39, 0.29) is 36.8 Å². The van der Waals surface area contributed by atoms with E-state index in [0.29, 0.717) is 42.0 Å². The molecular weight excluding hydrogens is 492 g/mol. The maximum Gasteiger partial charge on any atom is 0.339 e. The van der Waals surface area contributed by atoms with Crippen molar-refractivity contribution in [2.45, 2.75) is 71.0 Å². The number of hydrogen-bond donors (Lipinski definition) is 1. The van der Waals surface area contributed by atoms with E-state index in [1.165, 1.54) is 12.1 Å². The van der Waals surface area contributed by atoms with Crippen LogP contribution in [0.1, 0.15) is 60.8 Å². The van der Waals surface area contributed by atoms with E-state index in [4.69, 9.17) is 9.15 Å². The monoisotopic (exact) mass is 525 g/mol. The van der Waals surface area contributed by atoms with Gasteiger partial charge in [-0.05, 0) is 69.4 Å². The van der Waals surface area contributed by atoms with Crippen molar-refractivity contribution in [3.05, 3.63) is 74.6 Å². The zero-order valence-corrected chi connectivity index (χ0v) is 21.8. The van der Waals surface area contributed by atoms with Gasteiger partial charge in [-0.3, -0.25) is 4.79 Å². The third-order valence-electron chi connectivity index (χ3n) is 8.42. The lowest BCUT2D eigenvalue weighted by atomic mass is 9.71. The Bertz CT molecular complexity index is 1430. The zero-order valence-electron chi connectivity index (χ0n) is 21.8. The summed E-state index contributed by atoms with van der Waals surface area (Å²) < 4.78 is 38.6. The lowest BCUT2D eigenvalue weighted by molar-refractivity contribution is -0.143. The summed E-state index contributed by atoms with van der Waals surface area (Å²) >= 11 is 0. The van der Waals surface area contributed by atoms with Gasteiger partial charge in [-0.1, -0.05) is 12.8 Å². The molecule has 38 heavy (non-hydrogen) atoms. The average molecular weight is 526 g/mol. The van der Waals surface area contributed by atoms with Crippen LogP contribution in [0.5, 0.6) is 5.75 Å². The van der Waals surface area contributed by atoms with Gasteiger partial charge in [0.25, 0.3) is 0 Å². The number of halogens is 2. The number of nitrogens with zero attached hydrogens (tertiary/aromatic N) is 1. The van der Waals surface area contributed by atoms with Gasteiger partial charge in [-0.25, -0.2) is 13.6 Å². The Balaban J connectivity index is 1.29. The molecule has 202 valence electrons. The third kappa shape index (κ3) is 5.06. The first kappa shape index (κ1) is 26.4. The van der Waals surface area contributed by atoms with Crippen molar-refractivity contribution >= 4 is 16.9 Å². The SMILES string of the molecule is Cc1c(CCC(=O)N2CC[C@]3(O)CCCC[C@H]3C2)c(=O)oc2c(C)c(OCc3ccc(F)cc3F)ccc12. The third-order valence-corrected chi connectivity index (χ3v) is 8.42. The zero-order chi connectivity index (χ0) is 27.0. The van der Waals surface area contributed by atoms with Crippen molar-refractivity contribution in [1.82, 2.24) is 4.90 Å². The van der Waals surface area contributed by atoms with Crippen molar-refractivity contribution in [1.29, 1.82) is 0 Å². The molecule has 2 heterocycles. The Morgan fingerprint density at radius 2 is 1.97 bits per heavy atom. The molecule has 8 heteroatoms. The molecule has 6 nitrogen and oxygen atoms in total. The molecule has 1 N–H and O–H groups in total. The van der Waals surface area contributed by atoms with E-state index in [0.717, 1.165) is 42.7 Å². The molecule has 0 spiro atoms. The normalized spacial score (nSPS) is 21.4. The highest BCUT2D eigenvalue weighted by molar-refractivity contribution is 5.86. The number of likely N-dealkylation sites (tertiary alicyclic amines) is 1. The second kappa shape index (κ2) is 10.5. The molecular formula is C30H33F2NO5. The summed E-state index contributed by atoms with van der Waals surface area (Å²) in [6, 6.07) is 6.83. The highest BCUT2D eigenvalue weighted by Gasteiger charge is 2.43. The highest BCUT2D eigenvalue weighted by Crippen LogP contribution is 2.40. The van der Waals surface area contributed by atoms with Crippen LogP contribution in [0.25, 0.3) is 11.0 Å². The van der Waals surface area contributed by atoms with E-state index < -0.39 is 22.9 Å². The number of carbonyl (C=O) groups excluding carboxylic acids is 1. The molecule has 2 aliphatic rings. The van der Waals surface area contributed by atoms with Crippen molar-refractivity contribution in [2.75, 3.05) is 13.1 Å². The fourth-order valence-corrected chi connectivity index (χ4v) is 6.00. The fraction of sp³-hybridized carbons (Fsp3) is 0.467. The molecule has 1 aromatic heterocycles. The van der Waals surface area contributed by atoms with Crippen LogP contribution >= 0.6 is 0 Å². The Morgan fingerprint density at radius 1 is 1.16 bits per heavy atom. The van der Waals surface area contributed by atoms with Gasteiger partial charge in [0.15, 0.2) is 0 Å². The minimum Gasteiger partial charge on any atom is -0.488 e. The number of fused-ring (bicyclic) bond motifs is 2. The van der Waals surface area contributed by atoms with Crippen molar-refractivity contribution in [2.24, 2.45) is 5.92 Å². The molecule has 1 saturated carbocycles. The minimum absolute atomic E-state index is 0.00975. The fourth-order valence-electron chi connectivity index (χ4n) is 6.00. The molecule has 0 unspecified atom stereocenters. The van der Waals surface area contributed by atoms with Gasteiger partial charge in [-0.15, -0.1) is 0 Å². The van der Waals surface area contributed by atoms with Crippen LogP contribution < -0.4 is 10.4 Å². The van der Waals surface area contributed by atoms with Crippen molar-refractivity contribution in [3.63, 3.8) is 0 Å². The Kier molecular flexibility index (Phi) is 7.27. The minimum atomic E-state index is -0.691. The van der Waals surface area contributed by atoms with Crippen LogP contribution in [0.3, 0.4) is 0 Å². The molecule has 5 rings (SSSR count). The predicted octanol–water partition coefficient (Wildman–Crippen LogP) is 5.35. The number of piperidine rings is 1. The number of ether oxygens (including phenoxy) is 1. The highest BCUT2D eigenvalue weighted by atomic mass is 19.1. The van der Waals surface area contributed by atoms with Crippen molar-refractivity contribution in [3.8, 4) is 5.75 Å². The number of benzene rings is 2. The molecule has 1 aliphatic heterocycles. The average Bonchev–Trinajstić information content (AvgIpc) is 2.88. The summed E-state index contributed by atoms with van der Waals surface area (Å²) in [5.41, 5.74) is 1.28. The van der Waals surface area contributed by atoms with Crippen LogP contribution in [0.4, 0.5) is 8.78 Å². The summed E-state index contributed by atoms with van der Waals surface area (Å²) in [5, 5.41) is 11.6. The maximum absolute atomic E-state index is 14.0. The van der Waals surface area contributed by atoms with Gasteiger partial charge in [0.2, 0.25) is 5.91 Å². The van der Waals surface area contributed by atoms with Crippen LogP contribution in [-0.4, -0.2) is 34.6 Å². The molecule has 0 radical (unpaired) electrons. The summed E-state index contributed by atoms with van der Waals surface area (Å²) in [4.78, 5) is 27.8. The first-order chi connectivity index (χ1) is 18.2. The lowest BCUT2D eigenvalue weighted by Crippen LogP contribution is -2.54. The smallest absolute Gasteiger partial charge is 0.339 e. The van der Waals surface area contributed by atoms with E-state index in [1.807, 2.05) is 11.8 Å². The second-order valence-electron chi connectivity index (χ2n) is 10.7. The first-order valence-corrected chi connectivity index (χ1v) is 13.3. The van der Waals surface area contributed by atoms with E-state index in [2.05, 4.69) is 0 Å².